The second-order valence-electron chi connectivity index (χ2n) is 4.26. The molecule has 21 heavy (non-hydrogen) atoms. The van der Waals surface area contributed by atoms with E-state index < -0.39 is 0 Å². The van der Waals surface area contributed by atoms with Gasteiger partial charge >= 0.3 is 0 Å². The Labute approximate surface area is 127 Å². The molecule has 0 amide bonds. The Hall–Kier alpha value is -2.53. The quantitative estimate of drug-likeness (QED) is 0.429. The summed E-state index contributed by atoms with van der Waals surface area (Å²) in [5.74, 6) is 0.701. The van der Waals surface area contributed by atoms with Gasteiger partial charge in [0.15, 0.2) is 0 Å². The molecule has 0 saturated carbocycles. The summed E-state index contributed by atoms with van der Waals surface area (Å²) in [6.07, 6.45) is 1.67. The van der Waals surface area contributed by atoms with Crippen LogP contribution in [0.3, 0.4) is 0 Å². The summed E-state index contributed by atoms with van der Waals surface area (Å²) in [5.41, 5.74) is 12.3. The van der Waals surface area contributed by atoms with Crippen LogP contribution >= 0.6 is 11.6 Å². The van der Waals surface area contributed by atoms with Crippen molar-refractivity contribution in [3.8, 4) is 5.75 Å². The first kappa shape index (κ1) is 14.9. The third-order valence-corrected chi connectivity index (χ3v) is 3.00. The van der Waals surface area contributed by atoms with Crippen molar-refractivity contribution in [1.29, 1.82) is 0 Å². The zero-order valence-electron chi connectivity index (χ0n) is 11.3. The van der Waals surface area contributed by atoms with Crippen molar-refractivity contribution in [1.82, 2.24) is 0 Å². The maximum Gasteiger partial charge on any atom is 0.256 e. The molecule has 0 aliphatic rings. The number of nitrogens with two attached hydrogens (primary N) is 2. The van der Waals surface area contributed by atoms with Crippen molar-refractivity contribution >= 4 is 23.8 Å². The number of hydrogen-bond acceptors (Lipinski definition) is 2. The summed E-state index contributed by atoms with van der Waals surface area (Å²) < 4.78 is 5.72. The largest absolute Gasteiger partial charge is 0.489 e. The van der Waals surface area contributed by atoms with Crippen LogP contribution in [0.25, 0.3) is 0 Å². The number of hydrazone groups is 1. The van der Waals surface area contributed by atoms with Gasteiger partial charge in [0.25, 0.3) is 5.96 Å². The minimum Gasteiger partial charge on any atom is -0.489 e. The number of ether oxygens (including phenoxy) is 1. The average molecular weight is 304 g/mol. The molecule has 0 atom stereocenters. The minimum absolute atomic E-state index is 0.0302. The van der Waals surface area contributed by atoms with Gasteiger partial charge in [-0.25, -0.2) is 0 Å². The van der Waals surface area contributed by atoms with Crippen LogP contribution in [0.4, 0.5) is 0 Å². The van der Waals surface area contributed by atoms with Crippen LogP contribution in [0.5, 0.6) is 5.75 Å². The molecule has 0 radical (unpaired) electrons. The lowest BCUT2D eigenvalue weighted by Gasteiger charge is -2.07. The molecule has 0 aromatic heterocycles. The molecule has 108 valence electrons. The molecule has 5 nitrogen and oxygen atoms in total. The summed E-state index contributed by atoms with van der Waals surface area (Å²) in [6.45, 7) is 0.407. The first-order valence-corrected chi connectivity index (χ1v) is 6.66. The summed E-state index contributed by atoms with van der Waals surface area (Å²) >= 11 is 6.09. The second-order valence-corrected chi connectivity index (χ2v) is 4.67. The van der Waals surface area contributed by atoms with Crippen molar-refractivity contribution in [2.24, 2.45) is 16.6 Å². The van der Waals surface area contributed by atoms with E-state index in [1.807, 2.05) is 48.5 Å². The number of hydrogen-bond donors (Lipinski definition) is 3. The van der Waals surface area contributed by atoms with Crippen LogP contribution in [0.1, 0.15) is 11.1 Å². The summed E-state index contributed by atoms with van der Waals surface area (Å²) in [4.78, 5) is 0. The number of benzene rings is 2. The van der Waals surface area contributed by atoms with Crippen molar-refractivity contribution in [3.63, 3.8) is 0 Å². The number of nitrogens with one attached hydrogen (secondary N) is 1. The molecule has 2 aromatic carbocycles. The molecule has 0 spiro atoms. The molecule has 0 aliphatic heterocycles. The molecule has 0 bridgehead atoms. The van der Waals surface area contributed by atoms with Crippen molar-refractivity contribution < 1.29 is 9.84 Å². The zero-order chi connectivity index (χ0) is 15.1. The summed E-state index contributed by atoms with van der Waals surface area (Å²) in [6, 6.07) is 15.1. The van der Waals surface area contributed by atoms with Crippen molar-refractivity contribution in [2.45, 2.75) is 6.61 Å². The van der Waals surface area contributed by atoms with Crippen molar-refractivity contribution in [3.05, 3.63) is 64.7 Å². The van der Waals surface area contributed by atoms with E-state index in [-0.39, 0.29) is 5.96 Å². The molecule has 0 saturated heterocycles. The molecule has 2 rings (SSSR count). The molecule has 5 N–H and O–H groups in total. The van der Waals surface area contributed by atoms with E-state index in [4.69, 9.17) is 27.8 Å². The number of halogens is 1. The molecule has 0 unspecified atom stereocenters. The van der Waals surface area contributed by atoms with E-state index in [1.165, 1.54) is 0 Å². The molecule has 0 aliphatic carbocycles. The Morgan fingerprint density at radius 1 is 1.19 bits per heavy atom. The molecule has 0 heterocycles. The van der Waals surface area contributed by atoms with E-state index in [2.05, 4.69) is 10.2 Å². The van der Waals surface area contributed by atoms with E-state index in [1.54, 1.807) is 6.21 Å². The lowest BCUT2D eigenvalue weighted by Crippen LogP contribution is -2.63. The molecule has 0 fully saturated rings. The summed E-state index contributed by atoms with van der Waals surface area (Å²) in [7, 11) is 0. The highest BCUT2D eigenvalue weighted by molar-refractivity contribution is 6.31. The predicted octanol–water partition coefficient (Wildman–Crippen LogP) is 0.607. The predicted molar refractivity (Wildman–Crippen MR) is 84.2 cm³/mol. The fraction of sp³-hybridized carbons (Fsp3) is 0.0667. The van der Waals surface area contributed by atoms with Crippen LogP contribution in [-0.2, 0) is 6.61 Å². The third kappa shape index (κ3) is 4.81. The van der Waals surface area contributed by atoms with Gasteiger partial charge in [0.05, 0.1) is 0 Å². The van der Waals surface area contributed by atoms with Gasteiger partial charge in [-0.05, 0) is 24.3 Å². The Balaban J connectivity index is 2.03. The lowest BCUT2D eigenvalue weighted by atomic mass is 10.2. The molecular weight excluding hydrogens is 288 g/mol. The van der Waals surface area contributed by atoms with E-state index >= 15 is 0 Å². The van der Waals surface area contributed by atoms with E-state index in [9.17, 15) is 0 Å². The first-order valence-electron chi connectivity index (χ1n) is 6.29. The second kappa shape index (κ2) is 7.31. The number of rotatable bonds is 5. The Morgan fingerprint density at radius 2 is 2.00 bits per heavy atom. The Kier molecular flexibility index (Phi) is 5.17. The first-order chi connectivity index (χ1) is 10.1. The van der Waals surface area contributed by atoms with Gasteiger partial charge in [-0.3, -0.25) is 0 Å². The van der Waals surface area contributed by atoms with Crippen LogP contribution in [0, 0.1) is 0 Å². The van der Waals surface area contributed by atoms with Gasteiger partial charge in [-0.2, -0.15) is 0 Å². The van der Waals surface area contributed by atoms with Gasteiger partial charge < -0.3 is 16.2 Å². The smallest absolute Gasteiger partial charge is 0.256 e. The molecular formula is C15H16ClN4O+. The maximum atomic E-state index is 6.09. The van der Waals surface area contributed by atoms with Gasteiger partial charge in [0, 0.05) is 21.3 Å². The third-order valence-electron chi connectivity index (χ3n) is 2.64. The van der Waals surface area contributed by atoms with Gasteiger partial charge in [0.1, 0.15) is 12.4 Å². The monoisotopic (exact) mass is 303 g/mol. The topological polar surface area (TPSA) is 87.6 Å². The average Bonchev–Trinajstić information content (AvgIpc) is 2.46. The zero-order valence-corrected chi connectivity index (χ0v) is 12.0. The van der Waals surface area contributed by atoms with Gasteiger partial charge in [-0.15, -0.1) is 5.10 Å². The number of nitrogens with zero attached hydrogens (tertiary/aromatic N) is 1. The lowest BCUT2D eigenvalue weighted by molar-refractivity contribution is -0.456. The Morgan fingerprint density at radius 3 is 2.76 bits per heavy atom. The van der Waals surface area contributed by atoms with Gasteiger partial charge in [0.2, 0.25) is 6.21 Å². The highest BCUT2D eigenvalue weighted by atomic mass is 35.5. The highest BCUT2D eigenvalue weighted by Gasteiger charge is 2.01. The Bertz CT molecular complexity index is 666. The maximum absolute atomic E-state index is 6.09. The standard InChI is InChI=1S/C15H15ClN4O/c16-14-7-2-1-5-12(14)10-21-13-6-3-4-11(8-13)9-19-20-15(17)18/h1-9H,10H2,(H4,17,18,20)/p+1/b19-9+. The van der Waals surface area contributed by atoms with E-state index in [0.29, 0.717) is 11.6 Å². The van der Waals surface area contributed by atoms with Crippen LogP contribution in [0.15, 0.2) is 53.6 Å². The molecule has 2 aromatic rings. The van der Waals surface area contributed by atoms with Crippen molar-refractivity contribution in [2.75, 3.05) is 0 Å². The highest BCUT2D eigenvalue weighted by Crippen LogP contribution is 2.18. The summed E-state index contributed by atoms with van der Waals surface area (Å²) in [5, 5.41) is 7.00. The van der Waals surface area contributed by atoms with Gasteiger partial charge in [-0.1, -0.05) is 35.9 Å². The van der Waals surface area contributed by atoms with Crippen LogP contribution in [-0.4, -0.2) is 12.2 Å². The number of guanidine groups is 1. The SMILES string of the molecule is NC(N)=N/[NH+]=C/c1cccc(OCc2ccccc2Cl)c1. The fourth-order valence-electron chi connectivity index (χ4n) is 1.65. The minimum atomic E-state index is -0.0302. The molecule has 6 heteroatoms. The fourth-order valence-corrected chi connectivity index (χ4v) is 1.84. The van der Waals surface area contributed by atoms with E-state index in [0.717, 1.165) is 16.9 Å². The van der Waals surface area contributed by atoms with Crippen LogP contribution in [0.2, 0.25) is 5.02 Å². The van der Waals surface area contributed by atoms with Crippen LogP contribution < -0.4 is 21.3 Å². The normalized spacial score (nSPS) is 10.5.